The van der Waals surface area contributed by atoms with Crippen molar-refractivity contribution in [3.63, 3.8) is 0 Å². The third-order valence-corrected chi connectivity index (χ3v) is 5.85. The van der Waals surface area contributed by atoms with Gasteiger partial charge in [0.2, 0.25) is 10.0 Å². The maximum absolute atomic E-state index is 13.1. The number of aromatic nitrogens is 3. The minimum atomic E-state index is -3.42. The van der Waals surface area contributed by atoms with Gasteiger partial charge in [0.15, 0.2) is 5.65 Å². The van der Waals surface area contributed by atoms with Gasteiger partial charge in [0.05, 0.1) is 39.7 Å². The lowest BCUT2D eigenvalue weighted by molar-refractivity contribution is 0.102. The number of amides is 1. The van der Waals surface area contributed by atoms with E-state index in [4.69, 9.17) is 4.98 Å². The third kappa shape index (κ3) is 4.19. The number of carbonyl (C=O) groups excluding carboxylic acids is 1. The zero-order chi connectivity index (χ0) is 21.3. The zero-order valence-electron chi connectivity index (χ0n) is 16.3. The fourth-order valence-corrected chi connectivity index (χ4v) is 4.33. The molecule has 3 heterocycles. The summed E-state index contributed by atoms with van der Waals surface area (Å²) >= 11 is 1.54. The van der Waals surface area contributed by atoms with Gasteiger partial charge >= 0.3 is 0 Å². The Balaban J connectivity index is 1.73. The minimum absolute atomic E-state index is 0.327. The summed E-state index contributed by atoms with van der Waals surface area (Å²) in [5.74, 6) is -0.327. The van der Waals surface area contributed by atoms with Gasteiger partial charge in [-0.1, -0.05) is 12.1 Å². The fourth-order valence-electron chi connectivity index (χ4n) is 3.09. The van der Waals surface area contributed by atoms with Crippen molar-refractivity contribution in [2.45, 2.75) is 13.5 Å². The van der Waals surface area contributed by atoms with Crippen molar-refractivity contribution in [1.29, 1.82) is 0 Å². The second-order valence-electron chi connectivity index (χ2n) is 6.64. The van der Waals surface area contributed by atoms with Crippen LogP contribution in [0.4, 0.5) is 11.4 Å². The van der Waals surface area contributed by atoms with Crippen LogP contribution in [-0.4, -0.2) is 35.3 Å². The maximum Gasteiger partial charge on any atom is 0.256 e. The first-order valence-electron chi connectivity index (χ1n) is 9.13. The predicted molar refractivity (Wildman–Crippen MR) is 119 cm³/mol. The summed E-state index contributed by atoms with van der Waals surface area (Å²) < 4.78 is 27.1. The summed E-state index contributed by atoms with van der Waals surface area (Å²) in [5.41, 5.74) is 2.63. The van der Waals surface area contributed by atoms with E-state index in [-0.39, 0.29) is 5.91 Å². The molecular weight excluding hydrogens is 422 g/mol. The summed E-state index contributed by atoms with van der Waals surface area (Å²) in [6.07, 6.45) is 2.71. The third-order valence-electron chi connectivity index (χ3n) is 4.35. The highest BCUT2D eigenvalue weighted by Crippen LogP contribution is 2.28. The first-order chi connectivity index (χ1) is 14.3. The topological polar surface area (TPSA) is 106 Å². The Labute approximate surface area is 177 Å². The lowest BCUT2D eigenvalue weighted by Crippen LogP contribution is -2.14. The molecule has 1 aromatic carbocycles. The highest BCUT2D eigenvalue weighted by Gasteiger charge is 2.18. The van der Waals surface area contributed by atoms with Crippen LogP contribution in [0, 0.1) is 0 Å². The van der Waals surface area contributed by atoms with E-state index in [2.05, 4.69) is 15.1 Å². The molecule has 30 heavy (non-hydrogen) atoms. The molecule has 0 aliphatic heterocycles. The Morgan fingerprint density at radius 2 is 1.97 bits per heavy atom. The molecule has 10 heteroatoms. The maximum atomic E-state index is 13.1. The van der Waals surface area contributed by atoms with Crippen LogP contribution >= 0.6 is 11.3 Å². The van der Waals surface area contributed by atoms with Crippen LogP contribution in [0.3, 0.4) is 0 Å². The van der Waals surface area contributed by atoms with Crippen molar-refractivity contribution in [3.05, 3.63) is 59.6 Å². The molecule has 3 aromatic heterocycles. The summed E-state index contributed by atoms with van der Waals surface area (Å²) in [5, 5.41) is 9.79. The van der Waals surface area contributed by atoms with E-state index in [0.717, 1.165) is 11.1 Å². The Hall–Kier alpha value is -3.24. The number of fused-ring (bicyclic) bond motifs is 1. The Bertz CT molecular complexity index is 1330. The van der Waals surface area contributed by atoms with E-state index in [1.54, 1.807) is 52.5 Å². The Kier molecular flexibility index (Phi) is 5.27. The summed E-state index contributed by atoms with van der Waals surface area (Å²) in [4.78, 5) is 18.8. The van der Waals surface area contributed by atoms with Gasteiger partial charge in [-0.05, 0) is 42.6 Å². The first kappa shape index (κ1) is 20.0. The average Bonchev–Trinajstić information content (AvgIpc) is 3.35. The summed E-state index contributed by atoms with van der Waals surface area (Å²) in [6.45, 7) is 2.59. The number of pyridine rings is 1. The minimum Gasteiger partial charge on any atom is -0.322 e. The van der Waals surface area contributed by atoms with Crippen LogP contribution in [0.5, 0.6) is 0 Å². The molecular formula is C20H19N5O3S2. The molecule has 1 amide bonds. The fraction of sp³-hybridized carbons (Fsp3) is 0.150. The number of hydrogen-bond donors (Lipinski definition) is 2. The second-order valence-corrected chi connectivity index (χ2v) is 9.34. The first-order valence-corrected chi connectivity index (χ1v) is 11.9. The lowest BCUT2D eigenvalue weighted by Gasteiger charge is -2.10. The SMILES string of the molecule is CCn1ncc2c(C(=O)Nc3cccc(NS(C)(=O)=O)c3)cc(-c3cccs3)nc21. The van der Waals surface area contributed by atoms with E-state index in [9.17, 15) is 13.2 Å². The van der Waals surface area contributed by atoms with E-state index in [0.29, 0.717) is 40.2 Å². The van der Waals surface area contributed by atoms with Crippen molar-refractivity contribution < 1.29 is 13.2 Å². The number of hydrogen-bond acceptors (Lipinski definition) is 6. The molecule has 0 saturated heterocycles. The van der Waals surface area contributed by atoms with Crippen LogP contribution in [-0.2, 0) is 16.6 Å². The molecule has 154 valence electrons. The van der Waals surface area contributed by atoms with Gasteiger partial charge in [-0.25, -0.2) is 18.1 Å². The number of aryl methyl sites for hydroxylation is 1. The van der Waals surface area contributed by atoms with E-state index in [1.165, 1.54) is 0 Å². The van der Waals surface area contributed by atoms with Crippen LogP contribution in [0.15, 0.2) is 54.0 Å². The largest absolute Gasteiger partial charge is 0.322 e. The van der Waals surface area contributed by atoms with Crippen LogP contribution < -0.4 is 10.0 Å². The van der Waals surface area contributed by atoms with Crippen LogP contribution in [0.25, 0.3) is 21.6 Å². The van der Waals surface area contributed by atoms with E-state index < -0.39 is 10.0 Å². The number of nitrogens with zero attached hydrogens (tertiary/aromatic N) is 3. The Morgan fingerprint density at radius 3 is 2.67 bits per heavy atom. The van der Waals surface area contributed by atoms with Crippen molar-refractivity contribution in [1.82, 2.24) is 14.8 Å². The smallest absolute Gasteiger partial charge is 0.256 e. The number of nitrogens with one attached hydrogen (secondary N) is 2. The predicted octanol–water partition coefficient (Wildman–Crippen LogP) is 3.80. The molecule has 4 aromatic rings. The van der Waals surface area contributed by atoms with Gasteiger partial charge in [-0.2, -0.15) is 5.10 Å². The quantitative estimate of drug-likeness (QED) is 0.473. The lowest BCUT2D eigenvalue weighted by atomic mass is 10.1. The number of rotatable bonds is 6. The van der Waals surface area contributed by atoms with Crippen LogP contribution in [0.1, 0.15) is 17.3 Å². The van der Waals surface area contributed by atoms with Gasteiger partial charge in [-0.15, -0.1) is 11.3 Å². The number of sulfonamides is 1. The number of thiophene rings is 1. The molecule has 0 aliphatic rings. The van der Waals surface area contributed by atoms with Crippen molar-refractivity contribution in [3.8, 4) is 10.6 Å². The number of carbonyl (C=O) groups is 1. The number of anilines is 2. The average molecular weight is 442 g/mol. The van der Waals surface area contributed by atoms with E-state index in [1.807, 2.05) is 24.4 Å². The monoisotopic (exact) mass is 441 g/mol. The molecule has 0 radical (unpaired) electrons. The molecule has 0 saturated carbocycles. The molecule has 4 rings (SSSR count). The second kappa shape index (κ2) is 7.88. The van der Waals surface area contributed by atoms with Gasteiger partial charge < -0.3 is 5.32 Å². The molecule has 0 aliphatic carbocycles. The van der Waals surface area contributed by atoms with E-state index >= 15 is 0 Å². The van der Waals surface area contributed by atoms with Crippen LogP contribution in [0.2, 0.25) is 0 Å². The summed E-state index contributed by atoms with van der Waals surface area (Å²) in [6, 6.07) is 12.2. The standard InChI is InChI=1S/C20H19N5O3S2/c1-3-25-19-16(12-21-25)15(11-17(23-19)18-8-5-9-29-18)20(26)22-13-6-4-7-14(10-13)24-30(2,27)28/h4-12,24H,3H2,1-2H3,(H,22,26). The molecule has 8 nitrogen and oxygen atoms in total. The van der Waals surface area contributed by atoms with Gasteiger partial charge in [-0.3, -0.25) is 9.52 Å². The van der Waals surface area contributed by atoms with Crippen molar-refractivity contribution >= 4 is 49.7 Å². The van der Waals surface area contributed by atoms with Gasteiger partial charge in [0, 0.05) is 12.2 Å². The molecule has 0 fully saturated rings. The highest BCUT2D eigenvalue weighted by molar-refractivity contribution is 7.92. The molecule has 0 spiro atoms. The zero-order valence-corrected chi connectivity index (χ0v) is 17.9. The Morgan fingerprint density at radius 1 is 1.17 bits per heavy atom. The molecule has 0 atom stereocenters. The highest BCUT2D eigenvalue weighted by atomic mass is 32.2. The summed E-state index contributed by atoms with van der Waals surface area (Å²) in [7, 11) is -3.42. The van der Waals surface area contributed by atoms with Crippen molar-refractivity contribution in [2.75, 3.05) is 16.3 Å². The number of benzene rings is 1. The molecule has 2 N–H and O–H groups in total. The molecule has 0 unspecified atom stereocenters. The van der Waals surface area contributed by atoms with Gasteiger partial charge in [0.25, 0.3) is 5.91 Å². The molecule has 0 bridgehead atoms. The van der Waals surface area contributed by atoms with Crippen molar-refractivity contribution in [2.24, 2.45) is 0 Å². The normalized spacial score (nSPS) is 11.5. The van der Waals surface area contributed by atoms with Gasteiger partial charge in [0.1, 0.15) is 0 Å².